The SMILES string of the molecule is C/C(=N\OC(=O)N(CCC1NCCC1=O)CCN(C)C)[C@H]1CC[C@H]2[C@@H]3CCC4=CC(=O)CC[C@]4(C)[C@H]3CC[C@]12C. The highest BCUT2D eigenvalue weighted by atomic mass is 16.7. The first-order chi connectivity index (χ1) is 19.0. The third-order valence-electron chi connectivity index (χ3n) is 11.6. The number of oxime groups is 1. The quantitative estimate of drug-likeness (QED) is 0.263. The second-order valence-electron chi connectivity index (χ2n) is 14.0. The number of carbonyl (C=O) groups excluding carboxylic acids is 3. The Balaban J connectivity index is 1.24. The van der Waals surface area contributed by atoms with E-state index in [-0.39, 0.29) is 22.7 Å². The minimum Gasteiger partial charge on any atom is -0.308 e. The summed E-state index contributed by atoms with van der Waals surface area (Å²) in [6.07, 6.45) is 11.3. The number of allylic oxidation sites excluding steroid dienone is 1. The van der Waals surface area contributed by atoms with Crippen LogP contribution in [0.3, 0.4) is 0 Å². The number of carbonyl (C=O) groups is 3. The maximum Gasteiger partial charge on any atom is 0.436 e. The molecule has 1 heterocycles. The largest absolute Gasteiger partial charge is 0.436 e. The van der Waals surface area contributed by atoms with E-state index in [4.69, 9.17) is 4.84 Å². The van der Waals surface area contributed by atoms with Gasteiger partial charge in [-0.2, -0.15) is 0 Å². The molecule has 0 aromatic rings. The van der Waals surface area contributed by atoms with Gasteiger partial charge in [0.2, 0.25) is 0 Å². The van der Waals surface area contributed by atoms with Crippen molar-refractivity contribution in [1.29, 1.82) is 0 Å². The zero-order valence-corrected chi connectivity index (χ0v) is 25.3. The summed E-state index contributed by atoms with van der Waals surface area (Å²) in [6, 6.07) is -0.173. The van der Waals surface area contributed by atoms with Crippen LogP contribution >= 0.6 is 0 Å². The van der Waals surface area contributed by atoms with Gasteiger partial charge in [0.1, 0.15) is 0 Å². The van der Waals surface area contributed by atoms with E-state index in [2.05, 4.69) is 24.3 Å². The highest BCUT2D eigenvalue weighted by Crippen LogP contribution is 2.66. The average Bonchev–Trinajstić information content (AvgIpc) is 3.49. The van der Waals surface area contributed by atoms with Crippen molar-refractivity contribution in [3.63, 3.8) is 0 Å². The average molecular weight is 555 g/mol. The van der Waals surface area contributed by atoms with Crippen molar-refractivity contribution in [2.45, 2.75) is 91.0 Å². The van der Waals surface area contributed by atoms with Crippen molar-refractivity contribution in [3.05, 3.63) is 11.6 Å². The summed E-state index contributed by atoms with van der Waals surface area (Å²) in [5, 5.41) is 7.70. The molecule has 5 rings (SSSR count). The predicted octanol–water partition coefficient (Wildman–Crippen LogP) is 4.83. The molecule has 3 saturated carbocycles. The molecular weight excluding hydrogens is 504 g/mol. The Morgan fingerprint density at radius 3 is 2.55 bits per heavy atom. The summed E-state index contributed by atoms with van der Waals surface area (Å²) in [5.74, 6) is 2.88. The third kappa shape index (κ3) is 5.55. The molecular formula is C32H50N4O4. The van der Waals surface area contributed by atoms with Crippen LogP contribution in [-0.2, 0) is 14.4 Å². The lowest BCUT2D eigenvalue weighted by Crippen LogP contribution is -2.51. The second-order valence-corrected chi connectivity index (χ2v) is 14.0. The molecule has 4 aliphatic carbocycles. The summed E-state index contributed by atoms with van der Waals surface area (Å²) < 4.78 is 0. The first-order valence-electron chi connectivity index (χ1n) is 15.7. The number of ketones is 2. The van der Waals surface area contributed by atoms with Crippen LogP contribution in [0.4, 0.5) is 4.79 Å². The molecule has 1 amide bonds. The number of nitrogens with zero attached hydrogens (tertiary/aromatic N) is 3. The van der Waals surface area contributed by atoms with E-state index in [0.29, 0.717) is 68.4 Å². The number of Topliss-reactive ketones (excluding diaryl/α,β-unsaturated/α-hetero) is 1. The maximum absolute atomic E-state index is 13.1. The molecule has 0 bridgehead atoms. The molecule has 7 atom stereocenters. The number of amides is 1. The molecule has 1 N–H and O–H groups in total. The highest BCUT2D eigenvalue weighted by Gasteiger charge is 2.59. The van der Waals surface area contributed by atoms with Crippen molar-refractivity contribution >= 4 is 23.4 Å². The fraction of sp³-hybridized carbons (Fsp3) is 0.812. The Morgan fingerprint density at radius 1 is 1.02 bits per heavy atom. The molecule has 1 aliphatic heterocycles. The van der Waals surface area contributed by atoms with Crippen LogP contribution in [0.5, 0.6) is 0 Å². The molecule has 0 aromatic heterocycles. The zero-order chi connectivity index (χ0) is 28.7. The van der Waals surface area contributed by atoms with Gasteiger partial charge in [0.25, 0.3) is 0 Å². The van der Waals surface area contributed by atoms with Crippen LogP contribution in [0.2, 0.25) is 0 Å². The molecule has 0 radical (unpaired) electrons. The summed E-state index contributed by atoms with van der Waals surface area (Å²) >= 11 is 0. The first kappa shape index (κ1) is 29.4. The van der Waals surface area contributed by atoms with E-state index in [1.807, 2.05) is 32.0 Å². The van der Waals surface area contributed by atoms with Gasteiger partial charge in [0.15, 0.2) is 11.6 Å². The van der Waals surface area contributed by atoms with Gasteiger partial charge in [-0.05, 0) is 107 Å². The fourth-order valence-electron chi connectivity index (χ4n) is 9.30. The lowest BCUT2D eigenvalue weighted by molar-refractivity contribution is -0.119. The van der Waals surface area contributed by atoms with E-state index < -0.39 is 6.09 Å². The van der Waals surface area contributed by atoms with Gasteiger partial charge in [-0.25, -0.2) is 4.79 Å². The van der Waals surface area contributed by atoms with Gasteiger partial charge in [0, 0.05) is 44.9 Å². The van der Waals surface area contributed by atoms with Crippen LogP contribution in [0, 0.1) is 34.5 Å². The maximum atomic E-state index is 13.1. The van der Waals surface area contributed by atoms with Gasteiger partial charge in [-0.15, -0.1) is 0 Å². The molecule has 0 spiro atoms. The van der Waals surface area contributed by atoms with Crippen LogP contribution in [-0.4, -0.2) is 79.5 Å². The predicted molar refractivity (Wildman–Crippen MR) is 156 cm³/mol. The number of nitrogens with one attached hydrogen (secondary N) is 1. The van der Waals surface area contributed by atoms with Crippen molar-refractivity contribution < 1.29 is 19.2 Å². The molecule has 1 saturated heterocycles. The molecule has 1 unspecified atom stereocenters. The normalized spacial score (nSPS) is 37.6. The first-order valence-corrected chi connectivity index (χ1v) is 15.7. The summed E-state index contributed by atoms with van der Waals surface area (Å²) in [7, 11) is 3.97. The van der Waals surface area contributed by atoms with E-state index in [1.165, 1.54) is 31.3 Å². The Labute approximate surface area is 240 Å². The van der Waals surface area contributed by atoms with Crippen molar-refractivity contribution in [2.75, 3.05) is 40.3 Å². The number of fused-ring (bicyclic) bond motifs is 5. The minimum absolute atomic E-state index is 0.169. The zero-order valence-electron chi connectivity index (χ0n) is 25.3. The smallest absolute Gasteiger partial charge is 0.308 e. The lowest BCUT2D eigenvalue weighted by atomic mass is 9.46. The van der Waals surface area contributed by atoms with Gasteiger partial charge >= 0.3 is 6.09 Å². The van der Waals surface area contributed by atoms with Gasteiger partial charge < -0.3 is 15.1 Å². The molecule has 8 nitrogen and oxygen atoms in total. The standard InChI is InChI=1S/C32H50N4O4/c1-21(34-40-30(39)36(19-18-35(4)5)17-13-28-29(38)12-16-33-28)25-8-9-26-24-7-6-22-20-23(37)10-14-31(22,2)27(24)11-15-32(25,26)3/h20,24-28,33H,6-19H2,1-5H3/b34-21+/t24-,25+,26-,27-,28?,31-,32+/m0/s1. The molecule has 222 valence electrons. The van der Waals surface area contributed by atoms with Crippen LogP contribution < -0.4 is 5.32 Å². The topological polar surface area (TPSA) is 91.3 Å². The van der Waals surface area contributed by atoms with E-state index >= 15 is 0 Å². The molecule has 5 aliphatic rings. The fourth-order valence-corrected chi connectivity index (χ4v) is 9.30. The molecule has 8 heteroatoms. The minimum atomic E-state index is -0.429. The highest BCUT2D eigenvalue weighted by molar-refractivity contribution is 5.91. The van der Waals surface area contributed by atoms with Gasteiger partial charge in [-0.3, -0.25) is 14.4 Å². The van der Waals surface area contributed by atoms with Crippen LogP contribution in [0.15, 0.2) is 16.8 Å². The molecule has 0 aromatic carbocycles. The van der Waals surface area contributed by atoms with E-state index in [0.717, 1.165) is 31.5 Å². The van der Waals surface area contributed by atoms with Crippen LogP contribution in [0.25, 0.3) is 0 Å². The second kappa shape index (κ2) is 11.7. The Morgan fingerprint density at radius 2 is 1.82 bits per heavy atom. The van der Waals surface area contributed by atoms with Crippen molar-refractivity contribution in [1.82, 2.24) is 15.1 Å². The van der Waals surface area contributed by atoms with Gasteiger partial charge in [-0.1, -0.05) is 24.6 Å². The van der Waals surface area contributed by atoms with E-state index in [1.54, 1.807) is 4.90 Å². The monoisotopic (exact) mass is 554 g/mol. The Kier molecular flexibility index (Phi) is 8.59. The summed E-state index contributed by atoms with van der Waals surface area (Å²) in [4.78, 5) is 46.7. The lowest BCUT2D eigenvalue weighted by Gasteiger charge is -2.58. The molecule has 40 heavy (non-hydrogen) atoms. The van der Waals surface area contributed by atoms with Gasteiger partial charge in [0.05, 0.1) is 11.8 Å². The van der Waals surface area contributed by atoms with Crippen molar-refractivity contribution in [3.8, 4) is 0 Å². The third-order valence-corrected chi connectivity index (χ3v) is 11.6. The van der Waals surface area contributed by atoms with Crippen LogP contribution in [0.1, 0.15) is 85.0 Å². The summed E-state index contributed by atoms with van der Waals surface area (Å²) in [6.45, 7) is 9.38. The number of likely N-dealkylation sites (N-methyl/N-ethyl adjacent to an activating group) is 1. The number of hydrogen-bond donors (Lipinski definition) is 1. The Bertz CT molecular complexity index is 1070. The van der Waals surface area contributed by atoms with Crippen molar-refractivity contribution in [2.24, 2.45) is 39.7 Å². The Hall–Kier alpha value is -2.06. The number of hydrogen-bond acceptors (Lipinski definition) is 7. The summed E-state index contributed by atoms with van der Waals surface area (Å²) in [5.41, 5.74) is 2.70. The molecule has 4 fully saturated rings. The number of rotatable bonds is 8. The van der Waals surface area contributed by atoms with E-state index in [9.17, 15) is 14.4 Å².